The fraction of sp³-hybridized carbons (Fsp3) is 0.348. The van der Waals surface area contributed by atoms with Gasteiger partial charge < -0.3 is 15.4 Å². The molecule has 31 heavy (non-hydrogen) atoms. The van der Waals surface area contributed by atoms with Crippen molar-refractivity contribution in [1.29, 1.82) is 0 Å². The van der Waals surface area contributed by atoms with Crippen LogP contribution in [0.1, 0.15) is 43.3 Å². The molecule has 2 N–H and O–H groups in total. The van der Waals surface area contributed by atoms with Gasteiger partial charge in [0.25, 0.3) is 0 Å². The Morgan fingerprint density at radius 1 is 1.23 bits per heavy atom. The first-order valence-corrected chi connectivity index (χ1v) is 10.2. The molecule has 4 rings (SSSR count). The maximum atomic E-state index is 6.13. The number of benzene rings is 1. The van der Waals surface area contributed by atoms with Crippen LogP contribution in [-0.2, 0) is 6.54 Å². The average Bonchev–Trinajstić information content (AvgIpc) is 3.16. The van der Waals surface area contributed by atoms with Crippen LogP contribution in [0.5, 0.6) is 5.75 Å². The molecule has 0 amide bonds. The number of nitrogens with one attached hydrogen (secondary N) is 2. The van der Waals surface area contributed by atoms with Crippen molar-refractivity contribution in [2.24, 2.45) is 4.99 Å². The minimum Gasteiger partial charge on any atom is -0.487 e. The van der Waals surface area contributed by atoms with Crippen molar-refractivity contribution >= 4 is 29.9 Å². The number of imidazole rings is 1. The molecule has 7 nitrogen and oxygen atoms in total. The number of fused-ring (bicyclic) bond motifs is 1. The fourth-order valence-corrected chi connectivity index (χ4v) is 3.76. The molecular formula is C23H29IN6O. The van der Waals surface area contributed by atoms with Gasteiger partial charge >= 0.3 is 0 Å². The molecule has 1 aliphatic heterocycles. The highest BCUT2D eigenvalue weighted by molar-refractivity contribution is 14.0. The van der Waals surface area contributed by atoms with Crippen molar-refractivity contribution in [2.75, 3.05) is 7.05 Å². The van der Waals surface area contributed by atoms with E-state index in [9.17, 15) is 0 Å². The van der Waals surface area contributed by atoms with E-state index in [1.54, 1.807) is 13.2 Å². The van der Waals surface area contributed by atoms with Gasteiger partial charge in [-0.2, -0.15) is 0 Å². The second-order valence-corrected chi connectivity index (χ2v) is 8.10. The summed E-state index contributed by atoms with van der Waals surface area (Å²) < 4.78 is 8.09. The normalized spacial score (nSPS) is 17.2. The van der Waals surface area contributed by atoms with Crippen LogP contribution in [0.2, 0.25) is 0 Å². The Hall–Kier alpha value is -2.62. The first kappa shape index (κ1) is 23.1. The first-order valence-electron chi connectivity index (χ1n) is 10.2. The van der Waals surface area contributed by atoms with Crippen LogP contribution >= 0.6 is 24.0 Å². The van der Waals surface area contributed by atoms with Gasteiger partial charge in [0.2, 0.25) is 0 Å². The number of ether oxygens (including phenoxy) is 1. The van der Waals surface area contributed by atoms with Crippen LogP contribution in [0.15, 0.2) is 60.0 Å². The lowest BCUT2D eigenvalue weighted by atomic mass is 9.90. The van der Waals surface area contributed by atoms with Crippen LogP contribution in [0.3, 0.4) is 0 Å². The summed E-state index contributed by atoms with van der Waals surface area (Å²) in [4.78, 5) is 13.2. The molecule has 2 aromatic heterocycles. The van der Waals surface area contributed by atoms with Crippen LogP contribution in [0.4, 0.5) is 0 Å². The van der Waals surface area contributed by atoms with Gasteiger partial charge in [-0.15, -0.1) is 24.0 Å². The Balaban J connectivity index is 0.00000272. The third-order valence-electron chi connectivity index (χ3n) is 5.25. The Morgan fingerprint density at radius 3 is 2.71 bits per heavy atom. The van der Waals surface area contributed by atoms with Gasteiger partial charge in [-0.1, -0.05) is 24.3 Å². The number of aliphatic imine (C=N–C) groups is 1. The third kappa shape index (κ3) is 5.36. The SMILES string of the molecule is CN=C(NCc1ccc(-n2ccnc2C)nc1)NC1CC(C)(C)Oc2ccccc21.I. The molecule has 1 aliphatic rings. The standard InChI is InChI=1S/C23H28N6O.HI/c1-16-25-11-12-29(16)21-10-9-17(14-26-21)15-27-22(24-4)28-19-13-23(2,3)30-20-8-6-5-7-18(19)20;/h5-12,14,19H,13,15H2,1-4H3,(H2,24,27,28);1H. The number of para-hydroxylation sites is 1. The van der Waals surface area contributed by atoms with E-state index in [0.717, 1.165) is 40.9 Å². The lowest BCUT2D eigenvalue weighted by Crippen LogP contribution is -2.45. The van der Waals surface area contributed by atoms with Gasteiger partial charge in [-0.05, 0) is 38.5 Å². The molecule has 1 atom stereocenters. The molecule has 0 bridgehead atoms. The summed E-state index contributed by atoms with van der Waals surface area (Å²) >= 11 is 0. The number of halogens is 1. The monoisotopic (exact) mass is 532 g/mol. The van der Waals surface area contributed by atoms with Crippen LogP contribution < -0.4 is 15.4 Å². The van der Waals surface area contributed by atoms with Crippen LogP contribution in [-0.4, -0.2) is 33.1 Å². The Kier molecular flexibility index (Phi) is 7.19. The molecule has 8 heteroatoms. The lowest BCUT2D eigenvalue weighted by molar-refractivity contribution is 0.0694. The number of aryl methyl sites for hydroxylation is 1. The molecule has 0 aliphatic carbocycles. The van der Waals surface area contributed by atoms with E-state index < -0.39 is 0 Å². The van der Waals surface area contributed by atoms with E-state index >= 15 is 0 Å². The number of pyridine rings is 1. The second-order valence-electron chi connectivity index (χ2n) is 8.10. The van der Waals surface area contributed by atoms with Crippen molar-refractivity contribution in [3.05, 3.63) is 71.9 Å². The van der Waals surface area contributed by atoms with Crippen molar-refractivity contribution in [1.82, 2.24) is 25.2 Å². The van der Waals surface area contributed by atoms with E-state index in [2.05, 4.69) is 51.6 Å². The number of rotatable bonds is 4. The third-order valence-corrected chi connectivity index (χ3v) is 5.25. The summed E-state index contributed by atoms with van der Waals surface area (Å²) in [7, 11) is 1.79. The summed E-state index contributed by atoms with van der Waals surface area (Å²) in [5, 5.41) is 6.95. The smallest absolute Gasteiger partial charge is 0.191 e. The number of hydrogen-bond acceptors (Lipinski definition) is 4. The van der Waals surface area contributed by atoms with Crippen molar-refractivity contribution in [3.8, 4) is 11.6 Å². The molecule has 0 spiro atoms. The number of guanidine groups is 1. The predicted molar refractivity (Wildman–Crippen MR) is 133 cm³/mol. The zero-order valence-corrected chi connectivity index (χ0v) is 20.6. The Morgan fingerprint density at radius 2 is 2.03 bits per heavy atom. The van der Waals surface area contributed by atoms with Crippen molar-refractivity contribution in [2.45, 2.75) is 45.4 Å². The zero-order chi connectivity index (χ0) is 21.1. The summed E-state index contributed by atoms with van der Waals surface area (Å²) in [5.74, 6) is 3.45. The van der Waals surface area contributed by atoms with E-state index in [1.807, 2.05) is 48.1 Å². The first-order chi connectivity index (χ1) is 14.4. The molecule has 0 saturated heterocycles. The zero-order valence-electron chi connectivity index (χ0n) is 18.3. The molecule has 0 fully saturated rings. The van der Waals surface area contributed by atoms with Gasteiger partial charge in [0.1, 0.15) is 23.0 Å². The summed E-state index contributed by atoms with van der Waals surface area (Å²) in [6.45, 7) is 6.82. The molecule has 0 saturated carbocycles. The number of nitrogens with zero attached hydrogens (tertiary/aromatic N) is 4. The largest absolute Gasteiger partial charge is 0.487 e. The van der Waals surface area contributed by atoms with Crippen molar-refractivity contribution in [3.63, 3.8) is 0 Å². The summed E-state index contributed by atoms with van der Waals surface area (Å²) in [5.41, 5.74) is 1.99. The van der Waals surface area contributed by atoms with Gasteiger partial charge in [0, 0.05) is 44.2 Å². The summed E-state index contributed by atoms with van der Waals surface area (Å²) in [6.07, 6.45) is 6.42. The second kappa shape index (κ2) is 9.67. The van der Waals surface area contributed by atoms with Gasteiger partial charge in [0.05, 0.1) is 6.04 Å². The average molecular weight is 532 g/mol. The fourth-order valence-electron chi connectivity index (χ4n) is 3.76. The molecule has 3 heterocycles. The van der Waals surface area contributed by atoms with Gasteiger partial charge in [-0.25, -0.2) is 9.97 Å². The molecular weight excluding hydrogens is 503 g/mol. The molecule has 0 radical (unpaired) electrons. The maximum absolute atomic E-state index is 6.13. The number of hydrogen-bond donors (Lipinski definition) is 2. The van der Waals surface area contributed by atoms with Crippen molar-refractivity contribution < 1.29 is 4.74 Å². The molecule has 164 valence electrons. The maximum Gasteiger partial charge on any atom is 0.191 e. The minimum absolute atomic E-state index is 0. The van der Waals surface area contributed by atoms with Gasteiger partial charge in [0.15, 0.2) is 5.96 Å². The lowest BCUT2D eigenvalue weighted by Gasteiger charge is -2.38. The van der Waals surface area contributed by atoms with Crippen LogP contribution in [0, 0.1) is 6.92 Å². The quantitative estimate of drug-likeness (QED) is 0.300. The Labute approximate surface area is 200 Å². The van der Waals surface area contributed by atoms with E-state index in [0.29, 0.717) is 6.54 Å². The van der Waals surface area contributed by atoms with Crippen LogP contribution in [0.25, 0.3) is 5.82 Å². The highest BCUT2D eigenvalue weighted by Gasteiger charge is 2.33. The topological polar surface area (TPSA) is 76.4 Å². The Bertz CT molecular complexity index is 1040. The minimum atomic E-state index is -0.240. The summed E-state index contributed by atoms with van der Waals surface area (Å²) in [6, 6.07) is 12.4. The van der Waals surface area contributed by atoms with E-state index in [4.69, 9.17) is 4.74 Å². The van der Waals surface area contributed by atoms with E-state index in [-0.39, 0.29) is 35.6 Å². The highest BCUT2D eigenvalue weighted by Crippen LogP contribution is 2.39. The molecule has 1 aromatic carbocycles. The highest BCUT2D eigenvalue weighted by atomic mass is 127. The number of aromatic nitrogens is 3. The van der Waals surface area contributed by atoms with E-state index in [1.165, 1.54) is 0 Å². The van der Waals surface area contributed by atoms with Gasteiger partial charge in [-0.3, -0.25) is 9.56 Å². The molecule has 1 unspecified atom stereocenters. The predicted octanol–water partition coefficient (Wildman–Crippen LogP) is 4.16. The molecule has 3 aromatic rings.